The predicted molar refractivity (Wildman–Crippen MR) is 120 cm³/mol. The Labute approximate surface area is 184 Å². The van der Waals surface area contributed by atoms with Gasteiger partial charge in [-0.2, -0.15) is 0 Å². The molecule has 2 aromatic carbocycles. The summed E-state index contributed by atoms with van der Waals surface area (Å²) in [4.78, 5) is 10.6. The molecule has 1 heterocycles. The van der Waals surface area contributed by atoms with E-state index in [1.807, 2.05) is 14.1 Å². The summed E-state index contributed by atoms with van der Waals surface area (Å²) in [5.74, 6) is 1.19. The van der Waals surface area contributed by atoms with Crippen molar-refractivity contribution in [2.75, 3.05) is 39.1 Å². The van der Waals surface area contributed by atoms with E-state index in [0.29, 0.717) is 33.5 Å². The van der Waals surface area contributed by atoms with Gasteiger partial charge in [-0.15, -0.1) is 0 Å². The third-order valence-corrected chi connectivity index (χ3v) is 6.10. The Balaban J connectivity index is 1.91. The van der Waals surface area contributed by atoms with Gasteiger partial charge in [-0.05, 0) is 44.8 Å². The molecule has 0 atom stereocenters. The summed E-state index contributed by atoms with van der Waals surface area (Å²) in [5.41, 5.74) is 0.542. The van der Waals surface area contributed by atoms with Crippen LogP contribution in [-0.4, -0.2) is 57.6 Å². The largest absolute Gasteiger partial charge is 0.493 e. The molecule has 3 aromatic rings. The van der Waals surface area contributed by atoms with Crippen LogP contribution in [0.25, 0.3) is 10.9 Å². The van der Waals surface area contributed by atoms with Crippen molar-refractivity contribution in [1.82, 2.24) is 14.9 Å². The molecule has 0 aliphatic heterocycles. The van der Waals surface area contributed by atoms with Crippen LogP contribution >= 0.6 is 15.9 Å². The number of anilines is 1. The van der Waals surface area contributed by atoms with E-state index in [0.717, 1.165) is 13.0 Å². The lowest BCUT2D eigenvalue weighted by Gasteiger charge is -2.15. The number of sulfonamides is 1. The molecule has 0 saturated heterocycles. The number of rotatable bonds is 9. The second-order valence-corrected chi connectivity index (χ2v) is 9.41. The van der Waals surface area contributed by atoms with Gasteiger partial charge in [0.1, 0.15) is 6.33 Å². The SMILES string of the molecule is COc1cc2c(NS(=O)(=O)c3cccc(Br)c3)ncnc2cc1OCCCN(C)C. The molecule has 1 N–H and O–H groups in total. The average molecular weight is 495 g/mol. The number of nitrogens with zero attached hydrogens (tertiary/aromatic N) is 3. The number of benzene rings is 2. The molecule has 0 bridgehead atoms. The molecule has 0 radical (unpaired) electrons. The number of ether oxygens (including phenoxy) is 2. The highest BCUT2D eigenvalue weighted by Crippen LogP contribution is 2.34. The van der Waals surface area contributed by atoms with Crippen molar-refractivity contribution in [2.24, 2.45) is 0 Å². The number of nitrogens with one attached hydrogen (secondary N) is 1. The van der Waals surface area contributed by atoms with Crippen LogP contribution in [0, 0.1) is 0 Å². The lowest BCUT2D eigenvalue weighted by Crippen LogP contribution is -2.15. The maximum Gasteiger partial charge on any atom is 0.263 e. The van der Waals surface area contributed by atoms with E-state index in [4.69, 9.17) is 9.47 Å². The van der Waals surface area contributed by atoms with Crippen molar-refractivity contribution in [1.29, 1.82) is 0 Å². The summed E-state index contributed by atoms with van der Waals surface area (Å²) in [6, 6.07) is 9.84. The van der Waals surface area contributed by atoms with E-state index in [1.165, 1.54) is 25.6 Å². The third-order valence-electron chi connectivity index (χ3n) is 4.27. The first-order valence-electron chi connectivity index (χ1n) is 9.19. The van der Waals surface area contributed by atoms with E-state index >= 15 is 0 Å². The molecule has 0 saturated carbocycles. The molecule has 0 unspecified atom stereocenters. The first-order chi connectivity index (χ1) is 14.3. The number of hydrogen-bond donors (Lipinski definition) is 1. The quantitative estimate of drug-likeness (QED) is 0.454. The summed E-state index contributed by atoms with van der Waals surface area (Å²) in [7, 11) is 1.71. The molecular formula is C20H23BrN4O4S. The molecule has 10 heteroatoms. The lowest BCUT2D eigenvalue weighted by molar-refractivity contribution is 0.268. The number of fused-ring (bicyclic) bond motifs is 1. The molecule has 160 valence electrons. The minimum Gasteiger partial charge on any atom is -0.493 e. The number of aromatic nitrogens is 2. The van der Waals surface area contributed by atoms with Gasteiger partial charge in [0.15, 0.2) is 17.3 Å². The maximum atomic E-state index is 12.8. The van der Waals surface area contributed by atoms with Gasteiger partial charge in [-0.3, -0.25) is 4.72 Å². The molecule has 3 rings (SSSR count). The molecule has 0 fully saturated rings. The van der Waals surface area contributed by atoms with Gasteiger partial charge in [0.05, 0.1) is 24.1 Å². The molecule has 1 aromatic heterocycles. The third kappa shape index (κ3) is 5.38. The highest BCUT2D eigenvalue weighted by atomic mass is 79.9. The Bertz CT molecular complexity index is 1140. The van der Waals surface area contributed by atoms with Crippen molar-refractivity contribution < 1.29 is 17.9 Å². The number of hydrogen-bond acceptors (Lipinski definition) is 7. The summed E-state index contributed by atoms with van der Waals surface area (Å²) < 4.78 is 40.1. The lowest BCUT2D eigenvalue weighted by atomic mass is 10.2. The molecule has 30 heavy (non-hydrogen) atoms. The van der Waals surface area contributed by atoms with E-state index in [9.17, 15) is 8.42 Å². The fraction of sp³-hybridized carbons (Fsp3) is 0.300. The van der Waals surface area contributed by atoms with Crippen molar-refractivity contribution in [3.8, 4) is 11.5 Å². The highest BCUT2D eigenvalue weighted by Gasteiger charge is 2.18. The van der Waals surface area contributed by atoms with E-state index in [-0.39, 0.29) is 10.7 Å². The fourth-order valence-corrected chi connectivity index (χ4v) is 4.43. The standard InChI is InChI=1S/C20H23BrN4O4S/c1-25(2)8-5-9-29-19-12-17-16(11-18(19)28-3)20(23-13-22-17)24-30(26,27)15-7-4-6-14(21)10-15/h4,6-7,10-13H,5,8-9H2,1-3H3,(H,22,23,24). The van der Waals surface area contributed by atoms with Crippen LogP contribution in [0.5, 0.6) is 11.5 Å². The zero-order valence-corrected chi connectivity index (χ0v) is 19.3. The summed E-state index contributed by atoms with van der Waals surface area (Å²) >= 11 is 3.29. The van der Waals surface area contributed by atoms with Crippen LogP contribution in [0.15, 0.2) is 52.1 Å². The summed E-state index contributed by atoms with van der Waals surface area (Å²) in [6.07, 6.45) is 2.17. The number of methoxy groups -OCH3 is 1. The van der Waals surface area contributed by atoms with Crippen LogP contribution in [0.4, 0.5) is 5.82 Å². The van der Waals surface area contributed by atoms with Gasteiger partial charge >= 0.3 is 0 Å². The van der Waals surface area contributed by atoms with Crippen LogP contribution in [0.3, 0.4) is 0 Å². The van der Waals surface area contributed by atoms with Crippen LogP contribution in [-0.2, 0) is 10.0 Å². The Morgan fingerprint density at radius 1 is 1.13 bits per heavy atom. The van der Waals surface area contributed by atoms with Gasteiger partial charge in [0, 0.05) is 22.5 Å². The molecule has 0 aliphatic carbocycles. The van der Waals surface area contributed by atoms with E-state index in [2.05, 4.69) is 35.5 Å². The normalized spacial score (nSPS) is 11.6. The first-order valence-corrected chi connectivity index (χ1v) is 11.5. The Kier molecular flexibility index (Phi) is 7.11. The van der Waals surface area contributed by atoms with Gasteiger partial charge in [-0.1, -0.05) is 22.0 Å². The highest BCUT2D eigenvalue weighted by molar-refractivity contribution is 9.10. The van der Waals surface area contributed by atoms with Gasteiger partial charge in [0.25, 0.3) is 10.0 Å². The molecule has 0 amide bonds. The summed E-state index contributed by atoms with van der Waals surface area (Å²) in [5, 5.41) is 0.508. The zero-order chi connectivity index (χ0) is 21.7. The summed E-state index contributed by atoms with van der Waals surface area (Å²) in [6.45, 7) is 1.42. The van der Waals surface area contributed by atoms with E-state index in [1.54, 1.807) is 24.3 Å². The monoisotopic (exact) mass is 494 g/mol. The zero-order valence-electron chi connectivity index (χ0n) is 16.9. The second-order valence-electron chi connectivity index (χ2n) is 6.81. The van der Waals surface area contributed by atoms with Crippen molar-refractivity contribution >= 4 is 42.7 Å². The molecule has 0 aliphatic rings. The Hall–Kier alpha value is -2.43. The molecular weight excluding hydrogens is 472 g/mol. The molecule has 8 nitrogen and oxygen atoms in total. The molecule has 0 spiro atoms. The van der Waals surface area contributed by atoms with Crippen LogP contribution in [0.2, 0.25) is 0 Å². The minimum atomic E-state index is -3.83. The van der Waals surface area contributed by atoms with Crippen molar-refractivity contribution in [2.45, 2.75) is 11.3 Å². The number of halogens is 1. The Morgan fingerprint density at radius 3 is 2.63 bits per heavy atom. The fourth-order valence-electron chi connectivity index (χ4n) is 2.80. The van der Waals surface area contributed by atoms with Gasteiger partial charge in [0.2, 0.25) is 0 Å². The van der Waals surface area contributed by atoms with Gasteiger partial charge < -0.3 is 14.4 Å². The topological polar surface area (TPSA) is 93.6 Å². The van der Waals surface area contributed by atoms with Crippen LogP contribution in [0.1, 0.15) is 6.42 Å². The predicted octanol–water partition coefficient (Wildman–Crippen LogP) is 3.53. The van der Waals surface area contributed by atoms with Gasteiger partial charge in [-0.25, -0.2) is 18.4 Å². The minimum absolute atomic E-state index is 0.122. The maximum absolute atomic E-state index is 12.8. The second kappa shape index (κ2) is 9.59. The van der Waals surface area contributed by atoms with Crippen LogP contribution < -0.4 is 14.2 Å². The van der Waals surface area contributed by atoms with Crippen molar-refractivity contribution in [3.05, 3.63) is 47.2 Å². The smallest absolute Gasteiger partial charge is 0.263 e. The van der Waals surface area contributed by atoms with Crippen molar-refractivity contribution in [3.63, 3.8) is 0 Å². The average Bonchev–Trinajstić information content (AvgIpc) is 2.70. The van der Waals surface area contributed by atoms with E-state index < -0.39 is 10.0 Å². The first kappa shape index (κ1) is 22.3. The Morgan fingerprint density at radius 2 is 1.93 bits per heavy atom.